The van der Waals surface area contributed by atoms with Crippen LogP contribution >= 0.6 is 0 Å². The van der Waals surface area contributed by atoms with E-state index in [4.69, 9.17) is 11.2 Å². The summed E-state index contributed by atoms with van der Waals surface area (Å²) < 4.78 is 12.1. The Kier molecular flexibility index (Phi) is 29.6. The van der Waals surface area contributed by atoms with Gasteiger partial charge in [0, 0.05) is 7.79 Å². The number of ether oxygens (including phenoxy) is 1. The van der Waals surface area contributed by atoms with Gasteiger partial charge in [-0.1, -0.05) is 167 Å². The molecule has 0 rings (SSSR count). The van der Waals surface area contributed by atoms with Gasteiger partial charge in [-0.05, 0) is 6.42 Å². The zero-order chi connectivity index (χ0) is 31.8. The van der Waals surface area contributed by atoms with E-state index < -0.39 is 43.6 Å². The molecule has 0 bridgehead atoms. The number of unbranched alkanes of at least 4 members (excludes halogenated alkanes) is 25. The number of hydrogen-bond acceptors (Lipinski definition) is 7. The van der Waals surface area contributed by atoms with E-state index in [0.29, 0.717) is 6.90 Å². The Labute approximate surface area is 260 Å². The fraction of sp³-hybridized carbons (Fsp3) is 0.971. The van der Waals surface area contributed by atoms with Crippen molar-refractivity contribution in [3.8, 4) is 0 Å². The average Bonchev–Trinajstić information content (AvgIpc) is 3.02. The Hall–Kier alpha value is -0.730. The van der Waals surface area contributed by atoms with Crippen LogP contribution in [0.2, 0.25) is 0 Å². The summed E-state index contributed by atoms with van der Waals surface area (Å²) >= 11 is 0. The maximum absolute atomic E-state index is 11.8. The molecule has 0 heterocycles. The van der Waals surface area contributed by atoms with Crippen LogP contribution in [0.4, 0.5) is 0 Å². The topological polar surface area (TPSA) is 127 Å². The second kappa shape index (κ2) is 31.7. The number of rotatable bonds is 33. The van der Waals surface area contributed by atoms with Gasteiger partial charge >= 0.3 is 5.97 Å². The summed E-state index contributed by atoms with van der Waals surface area (Å²) in [5.41, 5.74) is 0. The van der Waals surface area contributed by atoms with Crippen LogP contribution in [-0.4, -0.2) is 69.1 Å². The highest BCUT2D eigenvalue weighted by Crippen LogP contribution is 2.16. The molecule has 0 unspecified atom stereocenters. The Morgan fingerprint density at radius 2 is 0.833 bits per heavy atom. The first-order chi connectivity index (χ1) is 20.9. The molecule has 0 aromatic heterocycles. The molecule has 0 aromatic rings. The van der Waals surface area contributed by atoms with Gasteiger partial charge < -0.3 is 30.3 Å². The fourth-order valence-corrected chi connectivity index (χ4v) is 5.42. The fourth-order valence-electron chi connectivity index (χ4n) is 5.42. The second-order valence-electron chi connectivity index (χ2n) is 12.4. The molecule has 0 radical (unpaired) electrons. The van der Waals surface area contributed by atoms with Gasteiger partial charge in [-0.25, -0.2) is 0 Å². The summed E-state index contributed by atoms with van der Waals surface area (Å²) in [6.45, 7) is -0.616. The van der Waals surface area contributed by atoms with E-state index >= 15 is 0 Å². The van der Waals surface area contributed by atoms with Crippen LogP contribution in [0.5, 0.6) is 0 Å². The first-order valence-electron chi connectivity index (χ1n) is 18.4. The van der Waals surface area contributed by atoms with Crippen LogP contribution in [0.3, 0.4) is 0 Å². The van der Waals surface area contributed by atoms with E-state index in [1.54, 1.807) is 0 Å². The Morgan fingerprint density at radius 3 is 1.17 bits per heavy atom. The Balaban J connectivity index is 3.28. The molecule has 0 amide bonds. The maximum Gasteiger partial charge on any atom is 0.305 e. The summed E-state index contributed by atoms with van der Waals surface area (Å²) in [6, 6.07) is 0. The van der Waals surface area contributed by atoms with E-state index in [1.165, 1.54) is 141 Å². The molecule has 7 nitrogen and oxygen atoms in total. The number of aliphatic hydroxyl groups excluding tert-OH is 5. The molecule has 0 aromatic carbocycles. The summed E-state index contributed by atoms with van der Waals surface area (Å²) in [5, 5.41) is 47.1. The molecule has 7 heteroatoms. The molecule has 0 aliphatic carbocycles. The van der Waals surface area contributed by atoms with Gasteiger partial charge in [-0.3, -0.25) is 4.79 Å². The predicted octanol–water partition coefficient (Wildman–Crippen LogP) is 7.52. The third kappa shape index (κ3) is 26.9. The third-order valence-corrected chi connectivity index (χ3v) is 8.37. The SMILES string of the molecule is [2H]CCCCCCCCCCCCCCCCCCCCCCCCCCCCC(=O)OC[C@@H](O)[C@@H](O)[C@H](O)[C@@H](O)CO. The number of hydrogen-bond donors (Lipinski definition) is 5. The first-order valence-corrected chi connectivity index (χ1v) is 17.7. The highest BCUT2D eigenvalue weighted by Gasteiger charge is 2.30. The van der Waals surface area contributed by atoms with Crippen molar-refractivity contribution < 1.29 is 36.4 Å². The quantitative estimate of drug-likeness (QED) is 0.0388. The molecule has 252 valence electrons. The van der Waals surface area contributed by atoms with Crippen molar-refractivity contribution >= 4 is 5.97 Å². The van der Waals surface area contributed by atoms with E-state index in [0.717, 1.165) is 25.7 Å². The van der Waals surface area contributed by atoms with Crippen molar-refractivity contribution in [2.75, 3.05) is 13.2 Å². The van der Waals surface area contributed by atoms with Crippen molar-refractivity contribution in [1.29, 1.82) is 0 Å². The predicted molar refractivity (Wildman–Crippen MR) is 172 cm³/mol. The molecule has 0 saturated carbocycles. The standard InChI is InChI=1S/C35H70O7/c1-2-3-4-5-6-7-8-9-10-11-12-13-14-15-16-17-18-19-20-21-22-23-24-25-26-27-28-33(39)42-30-32(38)35(41)34(40)31(37)29-36/h31-32,34-38,40-41H,2-30H2,1H3/t31-,32+,34+,35+/m0/s1/i1D. The van der Waals surface area contributed by atoms with Crippen LogP contribution < -0.4 is 0 Å². The number of carbonyl (C=O) groups is 1. The molecule has 0 spiro atoms. The maximum atomic E-state index is 11.8. The minimum absolute atomic E-state index is 0.250. The summed E-state index contributed by atoms with van der Waals surface area (Å²) in [6.07, 6.45) is 27.5. The number of aliphatic hydroxyl groups is 5. The van der Waals surface area contributed by atoms with Crippen LogP contribution in [0.25, 0.3) is 0 Å². The normalized spacial score (nSPS) is 14.8. The molecule has 0 aliphatic heterocycles. The van der Waals surface area contributed by atoms with Crippen LogP contribution in [0.15, 0.2) is 0 Å². The second-order valence-corrected chi connectivity index (χ2v) is 12.4. The lowest BCUT2D eigenvalue weighted by atomic mass is 10.0. The van der Waals surface area contributed by atoms with E-state index in [2.05, 4.69) is 0 Å². The third-order valence-electron chi connectivity index (χ3n) is 8.37. The lowest BCUT2D eigenvalue weighted by Crippen LogP contribution is -2.47. The van der Waals surface area contributed by atoms with Gasteiger partial charge in [0.05, 0.1) is 6.61 Å². The number of esters is 1. The summed E-state index contributed by atoms with van der Waals surface area (Å²) in [5.74, 6) is -0.459. The van der Waals surface area contributed by atoms with Gasteiger partial charge in [0.2, 0.25) is 0 Å². The number of carbonyl (C=O) groups excluding carboxylic acids is 1. The van der Waals surface area contributed by atoms with Crippen molar-refractivity contribution in [2.24, 2.45) is 0 Å². The largest absolute Gasteiger partial charge is 0.463 e. The summed E-state index contributed by atoms with van der Waals surface area (Å²) in [4.78, 5) is 11.8. The van der Waals surface area contributed by atoms with Gasteiger partial charge in [0.1, 0.15) is 31.0 Å². The van der Waals surface area contributed by atoms with Crippen molar-refractivity contribution in [3.63, 3.8) is 0 Å². The lowest BCUT2D eigenvalue weighted by Gasteiger charge is -2.25. The molecule has 0 saturated heterocycles. The molecular weight excluding hydrogens is 532 g/mol. The van der Waals surface area contributed by atoms with E-state index in [1.807, 2.05) is 0 Å². The minimum Gasteiger partial charge on any atom is -0.463 e. The molecule has 0 fully saturated rings. The van der Waals surface area contributed by atoms with Crippen LogP contribution in [0.1, 0.15) is 182 Å². The Morgan fingerprint density at radius 1 is 0.524 bits per heavy atom. The van der Waals surface area contributed by atoms with Gasteiger partial charge in [0.15, 0.2) is 0 Å². The van der Waals surface area contributed by atoms with Crippen molar-refractivity contribution in [3.05, 3.63) is 0 Å². The molecular formula is C35H70O7. The van der Waals surface area contributed by atoms with E-state index in [9.17, 15) is 25.2 Å². The van der Waals surface area contributed by atoms with Crippen LogP contribution in [-0.2, 0) is 9.53 Å². The zero-order valence-electron chi connectivity index (χ0n) is 28.1. The van der Waals surface area contributed by atoms with Gasteiger partial charge in [-0.15, -0.1) is 0 Å². The smallest absolute Gasteiger partial charge is 0.305 e. The lowest BCUT2D eigenvalue weighted by molar-refractivity contribution is -0.156. The molecule has 0 aliphatic rings. The highest BCUT2D eigenvalue weighted by atomic mass is 16.5. The van der Waals surface area contributed by atoms with Crippen LogP contribution in [0, 0.1) is 0 Å². The first kappa shape index (κ1) is 39.3. The molecule has 42 heavy (non-hydrogen) atoms. The van der Waals surface area contributed by atoms with Crippen molar-refractivity contribution in [2.45, 2.75) is 205 Å². The highest BCUT2D eigenvalue weighted by molar-refractivity contribution is 5.69. The van der Waals surface area contributed by atoms with Gasteiger partial charge in [-0.2, -0.15) is 0 Å². The Bertz CT molecular complexity index is 580. The molecule has 4 atom stereocenters. The van der Waals surface area contributed by atoms with E-state index in [-0.39, 0.29) is 6.42 Å². The monoisotopic (exact) mass is 604 g/mol. The zero-order valence-corrected chi connectivity index (χ0v) is 27.1. The summed E-state index contributed by atoms with van der Waals surface area (Å²) in [7, 11) is 0. The average molecular weight is 604 g/mol. The van der Waals surface area contributed by atoms with Gasteiger partial charge in [0.25, 0.3) is 0 Å². The molecule has 5 N–H and O–H groups in total. The minimum atomic E-state index is -1.72. The van der Waals surface area contributed by atoms with Crippen molar-refractivity contribution in [1.82, 2.24) is 0 Å².